The van der Waals surface area contributed by atoms with E-state index in [4.69, 9.17) is 23.8 Å². The molecule has 1 atom stereocenters. The molecule has 0 bridgehead atoms. The van der Waals surface area contributed by atoms with Gasteiger partial charge in [-0.2, -0.15) is 0 Å². The average Bonchev–Trinajstić information content (AvgIpc) is 2.48. The van der Waals surface area contributed by atoms with Crippen LogP contribution in [0.3, 0.4) is 0 Å². The van der Waals surface area contributed by atoms with Gasteiger partial charge in [-0.05, 0) is 61.0 Å². The minimum atomic E-state index is 0.207. The Kier molecular flexibility index (Phi) is 5.59. The summed E-state index contributed by atoms with van der Waals surface area (Å²) in [5.41, 5.74) is 3.47. The van der Waals surface area contributed by atoms with Gasteiger partial charge in [-0.25, -0.2) is 0 Å². The van der Waals surface area contributed by atoms with Crippen molar-refractivity contribution in [1.29, 1.82) is 0 Å². The predicted octanol–water partition coefficient (Wildman–Crippen LogP) is 5.09. The van der Waals surface area contributed by atoms with Crippen LogP contribution in [0, 0.1) is 6.92 Å². The van der Waals surface area contributed by atoms with Crippen LogP contribution in [0.25, 0.3) is 0 Å². The maximum absolute atomic E-state index is 5.88. The van der Waals surface area contributed by atoms with Gasteiger partial charge in [0.2, 0.25) is 0 Å². The molecule has 2 aromatic carbocycles. The van der Waals surface area contributed by atoms with Crippen LogP contribution in [0.4, 0.5) is 5.69 Å². The second-order valence-electron chi connectivity index (χ2n) is 4.92. The fraction of sp³-hybridized carbons (Fsp3) is 0.235. The molecule has 2 N–H and O–H groups in total. The maximum atomic E-state index is 5.88. The zero-order valence-electron chi connectivity index (χ0n) is 12.2. The summed E-state index contributed by atoms with van der Waals surface area (Å²) in [6, 6.07) is 16.1. The summed E-state index contributed by atoms with van der Waals surface area (Å²) >= 11 is 11.3. The smallest absolute Gasteiger partial charge is 0.171 e. The van der Waals surface area contributed by atoms with Gasteiger partial charge in [0, 0.05) is 10.7 Å². The van der Waals surface area contributed by atoms with E-state index in [0.717, 1.165) is 12.1 Å². The van der Waals surface area contributed by atoms with Gasteiger partial charge in [0.05, 0.1) is 6.04 Å². The Morgan fingerprint density at radius 1 is 1.14 bits per heavy atom. The van der Waals surface area contributed by atoms with Gasteiger partial charge in [-0.1, -0.05) is 42.8 Å². The summed E-state index contributed by atoms with van der Waals surface area (Å²) in [4.78, 5) is 0. The molecule has 0 spiro atoms. The zero-order chi connectivity index (χ0) is 15.2. The summed E-state index contributed by atoms with van der Waals surface area (Å²) in [6.07, 6.45) is 0.966. The fourth-order valence-electron chi connectivity index (χ4n) is 2.24. The molecule has 2 aromatic rings. The number of benzene rings is 2. The minimum absolute atomic E-state index is 0.207. The van der Waals surface area contributed by atoms with Crippen LogP contribution in [0.2, 0.25) is 5.02 Å². The lowest BCUT2D eigenvalue weighted by molar-refractivity contribution is 0.625. The molecule has 110 valence electrons. The van der Waals surface area contributed by atoms with Crippen molar-refractivity contribution in [3.8, 4) is 0 Å². The van der Waals surface area contributed by atoms with Crippen molar-refractivity contribution in [1.82, 2.24) is 5.32 Å². The van der Waals surface area contributed by atoms with Crippen molar-refractivity contribution in [2.24, 2.45) is 0 Å². The predicted molar refractivity (Wildman–Crippen MR) is 95.0 cm³/mol. The van der Waals surface area contributed by atoms with Gasteiger partial charge in [0.15, 0.2) is 5.11 Å². The largest absolute Gasteiger partial charge is 0.356 e. The van der Waals surface area contributed by atoms with Gasteiger partial charge in [0.1, 0.15) is 0 Å². The molecule has 0 aliphatic rings. The normalized spacial score (nSPS) is 11.8. The first-order chi connectivity index (χ1) is 10.1. The quantitative estimate of drug-likeness (QED) is 0.768. The number of anilines is 1. The highest BCUT2D eigenvalue weighted by molar-refractivity contribution is 7.80. The van der Waals surface area contributed by atoms with E-state index in [1.54, 1.807) is 0 Å². The third-order valence-corrected chi connectivity index (χ3v) is 3.85. The second-order valence-corrected chi connectivity index (χ2v) is 5.77. The van der Waals surface area contributed by atoms with Crippen molar-refractivity contribution in [2.45, 2.75) is 26.3 Å². The number of thiocarbonyl (C=S) groups is 1. The van der Waals surface area contributed by atoms with Crippen molar-refractivity contribution in [2.75, 3.05) is 5.32 Å². The fourth-order valence-corrected chi connectivity index (χ4v) is 2.62. The monoisotopic (exact) mass is 318 g/mol. The van der Waals surface area contributed by atoms with Crippen LogP contribution < -0.4 is 10.6 Å². The maximum Gasteiger partial charge on any atom is 0.171 e. The third-order valence-electron chi connectivity index (χ3n) is 3.38. The van der Waals surface area contributed by atoms with E-state index in [9.17, 15) is 0 Å². The Bertz CT molecular complexity index is 610. The molecule has 0 aromatic heterocycles. The molecule has 2 nitrogen and oxygen atoms in total. The molecule has 0 saturated carbocycles. The number of hydrogen-bond acceptors (Lipinski definition) is 1. The zero-order valence-corrected chi connectivity index (χ0v) is 13.8. The van der Waals surface area contributed by atoms with Crippen LogP contribution in [-0.4, -0.2) is 5.11 Å². The third kappa shape index (κ3) is 4.45. The lowest BCUT2D eigenvalue weighted by Gasteiger charge is -2.21. The van der Waals surface area contributed by atoms with Crippen molar-refractivity contribution < 1.29 is 0 Å². The lowest BCUT2D eigenvalue weighted by Crippen LogP contribution is -2.32. The van der Waals surface area contributed by atoms with Crippen LogP contribution in [0.15, 0.2) is 48.5 Å². The van der Waals surface area contributed by atoms with E-state index in [2.05, 4.69) is 48.7 Å². The highest BCUT2D eigenvalue weighted by Gasteiger charge is 2.12. The Morgan fingerprint density at radius 3 is 2.43 bits per heavy atom. The molecule has 2 rings (SSSR count). The highest BCUT2D eigenvalue weighted by atomic mass is 35.5. The molecular formula is C17H19ClN2S. The second kappa shape index (κ2) is 7.43. The standard InChI is InChI=1S/C17H19ClN2S/c1-3-16(15-7-5-4-6-12(15)2)20-17(21)19-14-10-8-13(18)9-11-14/h4-11,16H,3H2,1-2H3,(H2,19,20,21). The van der Waals surface area contributed by atoms with Crippen LogP contribution >= 0.6 is 23.8 Å². The van der Waals surface area contributed by atoms with E-state index >= 15 is 0 Å². The van der Waals surface area contributed by atoms with E-state index in [1.165, 1.54) is 11.1 Å². The number of rotatable bonds is 4. The molecule has 0 amide bonds. The molecule has 0 fully saturated rings. The van der Waals surface area contributed by atoms with Gasteiger partial charge >= 0.3 is 0 Å². The van der Waals surface area contributed by atoms with Gasteiger partial charge in [-0.3, -0.25) is 0 Å². The van der Waals surface area contributed by atoms with Crippen molar-refractivity contribution in [3.05, 3.63) is 64.7 Å². The Hall–Kier alpha value is -1.58. The molecule has 0 saturated heterocycles. The average molecular weight is 319 g/mol. The number of halogens is 1. The van der Waals surface area contributed by atoms with Gasteiger partial charge in [0.25, 0.3) is 0 Å². The van der Waals surface area contributed by atoms with Gasteiger partial charge < -0.3 is 10.6 Å². The summed E-state index contributed by atoms with van der Waals surface area (Å²) in [7, 11) is 0. The topological polar surface area (TPSA) is 24.1 Å². The molecule has 4 heteroatoms. The molecule has 0 radical (unpaired) electrons. The number of hydrogen-bond donors (Lipinski definition) is 2. The minimum Gasteiger partial charge on any atom is -0.356 e. The Labute approximate surface area is 136 Å². The highest BCUT2D eigenvalue weighted by Crippen LogP contribution is 2.20. The molecule has 21 heavy (non-hydrogen) atoms. The first-order valence-corrected chi connectivity index (χ1v) is 7.77. The number of nitrogens with one attached hydrogen (secondary N) is 2. The first-order valence-electron chi connectivity index (χ1n) is 6.98. The molecule has 1 unspecified atom stereocenters. The summed E-state index contributed by atoms with van der Waals surface area (Å²) < 4.78 is 0. The SMILES string of the molecule is CCC(NC(=S)Nc1ccc(Cl)cc1)c1ccccc1C. The summed E-state index contributed by atoms with van der Waals surface area (Å²) in [5.74, 6) is 0. The Morgan fingerprint density at radius 2 is 1.81 bits per heavy atom. The lowest BCUT2D eigenvalue weighted by atomic mass is 10.00. The molecule has 0 aliphatic carbocycles. The first kappa shape index (κ1) is 15.8. The van der Waals surface area contributed by atoms with E-state index < -0.39 is 0 Å². The summed E-state index contributed by atoms with van der Waals surface area (Å²) in [6.45, 7) is 4.27. The van der Waals surface area contributed by atoms with E-state index in [-0.39, 0.29) is 6.04 Å². The van der Waals surface area contributed by atoms with Crippen molar-refractivity contribution >= 4 is 34.6 Å². The van der Waals surface area contributed by atoms with E-state index in [0.29, 0.717) is 10.1 Å². The Balaban J connectivity index is 2.03. The van der Waals surface area contributed by atoms with Crippen molar-refractivity contribution in [3.63, 3.8) is 0 Å². The van der Waals surface area contributed by atoms with Crippen LogP contribution in [-0.2, 0) is 0 Å². The summed E-state index contributed by atoms with van der Waals surface area (Å²) in [5, 5.41) is 7.89. The van der Waals surface area contributed by atoms with Gasteiger partial charge in [-0.15, -0.1) is 0 Å². The molecule has 0 aliphatic heterocycles. The van der Waals surface area contributed by atoms with E-state index in [1.807, 2.05) is 24.3 Å². The molecule has 0 heterocycles. The number of aryl methyl sites for hydroxylation is 1. The van der Waals surface area contributed by atoms with Crippen LogP contribution in [0.1, 0.15) is 30.5 Å². The van der Waals surface area contributed by atoms with Crippen LogP contribution in [0.5, 0.6) is 0 Å². The molecular weight excluding hydrogens is 300 g/mol.